The Bertz CT molecular complexity index is 687. The molecule has 0 atom stereocenters. The van der Waals surface area contributed by atoms with Crippen LogP contribution in [-0.2, 0) is 12.6 Å². The Morgan fingerprint density at radius 1 is 1.33 bits per heavy atom. The smallest absolute Gasteiger partial charge is 0.140 e. The van der Waals surface area contributed by atoms with Crippen molar-refractivity contribution < 1.29 is 9.47 Å². The summed E-state index contributed by atoms with van der Waals surface area (Å²) in [6.45, 7) is 1.94. The second-order valence-corrected chi connectivity index (χ2v) is 5.74. The molecule has 2 aliphatic heterocycles. The summed E-state index contributed by atoms with van der Waals surface area (Å²) >= 11 is 0. The van der Waals surface area contributed by atoms with Gasteiger partial charge < -0.3 is 14.8 Å². The molecular formula is C16H19N3O2. The van der Waals surface area contributed by atoms with E-state index in [9.17, 15) is 0 Å². The van der Waals surface area contributed by atoms with Crippen LogP contribution >= 0.6 is 0 Å². The molecule has 4 rings (SSSR count). The van der Waals surface area contributed by atoms with E-state index in [1.54, 1.807) is 7.11 Å². The second kappa shape index (κ2) is 4.49. The van der Waals surface area contributed by atoms with Crippen LogP contribution in [0.1, 0.15) is 18.4 Å². The predicted molar refractivity (Wildman–Crippen MR) is 79.6 cm³/mol. The van der Waals surface area contributed by atoms with Crippen LogP contribution in [0.15, 0.2) is 24.4 Å². The molecule has 5 nitrogen and oxygen atoms in total. The van der Waals surface area contributed by atoms with Crippen LogP contribution in [0.25, 0.3) is 11.3 Å². The fraction of sp³-hybridized carbons (Fsp3) is 0.438. The molecule has 2 aliphatic rings. The highest BCUT2D eigenvalue weighted by atomic mass is 16.5. The van der Waals surface area contributed by atoms with Gasteiger partial charge in [-0.1, -0.05) is 0 Å². The molecule has 1 aromatic heterocycles. The topological polar surface area (TPSA) is 48.3 Å². The molecule has 0 radical (unpaired) electrons. The Hall–Kier alpha value is -2.01. The molecule has 21 heavy (non-hydrogen) atoms. The molecule has 0 saturated carbocycles. The Labute approximate surface area is 123 Å². The molecule has 5 heteroatoms. The standard InChI is InChI=1S/C16H19N3O2/c1-19-15-12-9-11(20-2)3-4-14(12)21-16(13(15)10-18-19)5-7-17-8-6-16/h3-4,9-10,17H,5-8H2,1-2H3. The Morgan fingerprint density at radius 2 is 2.14 bits per heavy atom. The number of methoxy groups -OCH3 is 1. The van der Waals surface area contributed by atoms with E-state index >= 15 is 0 Å². The third kappa shape index (κ3) is 1.77. The first-order valence-corrected chi connectivity index (χ1v) is 7.34. The molecule has 1 saturated heterocycles. The zero-order valence-electron chi connectivity index (χ0n) is 12.3. The molecule has 1 spiro atoms. The first-order valence-electron chi connectivity index (χ1n) is 7.34. The van der Waals surface area contributed by atoms with Crippen molar-refractivity contribution in [1.29, 1.82) is 0 Å². The average molecular weight is 285 g/mol. The molecule has 1 fully saturated rings. The monoisotopic (exact) mass is 285 g/mol. The van der Waals surface area contributed by atoms with E-state index in [2.05, 4.69) is 10.4 Å². The third-order valence-corrected chi connectivity index (χ3v) is 4.59. The van der Waals surface area contributed by atoms with Gasteiger partial charge in [-0.05, 0) is 31.3 Å². The second-order valence-electron chi connectivity index (χ2n) is 5.74. The highest BCUT2D eigenvalue weighted by molar-refractivity contribution is 5.75. The minimum absolute atomic E-state index is 0.240. The number of fused-ring (bicyclic) bond motifs is 4. The van der Waals surface area contributed by atoms with E-state index in [0.717, 1.165) is 48.7 Å². The van der Waals surface area contributed by atoms with Crippen LogP contribution in [0.3, 0.4) is 0 Å². The number of aromatic nitrogens is 2. The number of ether oxygens (including phenoxy) is 2. The van der Waals surface area contributed by atoms with Crippen LogP contribution in [0.5, 0.6) is 11.5 Å². The number of nitrogens with one attached hydrogen (secondary N) is 1. The average Bonchev–Trinajstić information content (AvgIpc) is 2.91. The largest absolute Gasteiger partial charge is 0.497 e. The summed E-state index contributed by atoms with van der Waals surface area (Å²) in [6.07, 6.45) is 3.90. The van der Waals surface area contributed by atoms with Crippen LogP contribution < -0.4 is 14.8 Å². The summed E-state index contributed by atoms with van der Waals surface area (Å²) in [5, 5.41) is 7.89. The van der Waals surface area contributed by atoms with Crippen molar-refractivity contribution in [2.24, 2.45) is 7.05 Å². The maximum Gasteiger partial charge on any atom is 0.140 e. The van der Waals surface area contributed by atoms with Gasteiger partial charge in [0.25, 0.3) is 0 Å². The van der Waals surface area contributed by atoms with Crippen molar-refractivity contribution in [1.82, 2.24) is 15.1 Å². The van der Waals surface area contributed by atoms with Gasteiger partial charge in [0.1, 0.15) is 17.1 Å². The molecule has 3 heterocycles. The van der Waals surface area contributed by atoms with Gasteiger partial charge in [-0.25, -0.2) is 0 Å². The van der Waals surface area contributed by atoms with Gasteiger partial charge >= 0.3 is 0 Å². The molecule has 110 valence electrons. The first-order chi connectivity index (χ1) is 10.2. The van der Waals surface area contributed by atoms with Crippen molar-refractivity contribution in [2.45, 2.75) is 18.4 Å². The van der Waals surface area contributed by atoms with Crippen molar-refractivity contribution in [3.8, 4) is 22.8 Å². The lowest BCUT2D eigenvalue weighted by Crippen LogP contribution is -2.45. The van der Waals surface area contributed by atoms with Crippen molar-refractivity contribution in [2.75, 3.05) is 20.2 Å². The van der Waals surface area contributed by atoms with E-state index in [1.807, 2.05) is 36.1 Å². The third-order valence-electron chi connectivity index (χ3n) is 4.59. The summed E-state index contributed by atoms with van der Waals surface area (Å²) in [6, 6.07) is 5.99. The Kier molecular flexibility index (Phi) is 2.72. The number of hydrogen-bond donors (Lipinski definition) is 1. The van der Waals surface area contributed by atoms with E-state index in [-0.39, 0.29) is 5.60 Å². The highest BCUT2D eigenvalue weighted by Gasteiger charge is 2.43. The fourth-order valence-corrected chi connectivity index (χ4v) is 3.47. The fourth-order valence-electron chi connectivity index (χ4n) is 3.47. The molecule has 0 bridgehead atoms. The zero-order chi connectivity index (χ0) is 14.4. The minimum Gasteiger partial charge on any atom is -0.497 e. The van der Waals surface area contributed by atoms with Crippen LogP contribution in [0, 0.1) is 0 Å². The maximum absolute atomic E-state index is 6.45. The number of hydrogen-bond acceptors (Lipinski definition) is 4. The number of benzene rings is 1. The lowest BCUT2D eigenvalue weighted by Gasteiger charge is -2.41. The summed E-state index contributed by atoms with van der Waals surface area (Å²) < 4.78 is 13.7. The number of piperidine rings is 1. The molecule has 0 amide bonds. The molecule has 1 aromatic carbocycles. The predicted octanol–water partition coefficient (Wildman–Crippen LogP) is 2.07. The lowest BCUT2D eigenvalue weighted by molar-refractivity contribution is 0.0306. The van der Waals surface area contributed by atoms with E-state index in [4.69, 9.17) is 9.47 Å². The van der Waals surface area contributed by atoms with Gasteiger partial charge in [-0.3, -0.25) is 4.68 Å². The summed E-state index contributed by atoms with van der Waals surface area (Å²) in [5.41, 5.74) is 3.17. The Balaban J connectivity index is 1.92. The summed E-state index contributed by atoms with van der Waals surface area (Å²) in [7, 11) is 3.67. The molecule has 2 aromatic rings. The SMILES string of the molecule is COc1ccc2c(c1)-c1c(cnn1C)C1(CCNCC1)O2. The summed E-state index contributed by atoms with van der Waals surface area (Å²) in [4.78, 5) is 0. The van der Waals surface area contributed by atoms with E-state index in [1.165, 1.54) is 5.56 Å². The number of aryl methyl sites for hydroxylation is 1. The van der Waals surface area contributed by atoms with Crippen molar-refractivity contribution >= 4 is 0 Å². The van der Waals surface area contributed by atoms with Crippen LogP contribution in [-0.4, -0.2) is 30.0 Å². The highest BCUT2D eigenvalue weighted by Crippen LogP contribution is 2.49. The lowest BCUT2D eigenvalue weighted by atomic mass is 9.81. The van der Waals surface area contributed by atoms with Crippen molar-refractivity contribution in [3.05, 3.63) is 30.0 Å². The van der Waals surface area contributed by atoms with Gasteiger partial charge in [0, 0.05) is 31.0 Å². The van der Waals surface area contributed by atoms with Gasteiger partial charge in [0.15, 0.2) is 0 Å². The maximum atomic E-state index is 6.45. The quantitative estimate of drug-likeness (QED) is 0.871. The number of nitrogens with zero attached hydrogens (tertiary/aromatic N) is 2. The molecular weight excluding hydrogens is 266 g/mol. The molecule has 1 N–H and O–H groups in total. The molecule has 0 unspecified atom stereocenters. The van der Waals surface area contributed by atoms with Crippen molar-refractivity contribution in [3.63, 3.8) is 0 Å². The van der Waals surface area contributed by atoms with E-state index < -0.39 is 0 Å². The number of rotatable bonds is 1. The zero-order valence-corrected chi connectivity index (χ0v) is 12.3. The van der Waals surface area contributed by atoms with E-state index in [0.29, 0.717) is 0 Å². The minimum atomic E-state index is -0.240. The van der Waals surface area contributed by atoms with Gasteiger partial charge in [-0.2, -0.15) is 5.10 Å². The van der Waals surface area contributed by atoms with Crippen LogP contribution in [0.4, 0.5) is 0 Å². The Morgan fingerprint density at radius 3 is 2.90 bits per heavy atom. The van der Waals surface area contributed by atoms with Crippen LogP contribution in [0.2, 0.25) is 0 Å². The summed E-state index contributed by atoms with van der Waals surface area (Å²) in [5.74, 6) is 1.76. The van der Waals surface area contributed by atoms with Gasteiger partial charge in [-0.15, -0.1) is 0 Å². The van der Waals surface area contributed by atoms with Gasteiger partial charge in [0.05, 0.1) is 19.0 Å². The normalized spacial score (nSPS) is 18.8. The first kappa shape index (κ1) is 12.7. The van der Waals surface area contributed by atoms with Gasteiger partial charge in [0.2, 0.25) is 0 Å². The molecule has 0 aliphatic carbocycles.